The van der Waals surface area contributed by atoms with E-state index < -0.39 is 15.5 Å². The molecule has 5 nitrogen and oxygen atoms in total. The number of nitrogens with zero attached hydrogens (tertiary/aromatic N) is 1. The molecule has 50 heavy (non-hydrogen) atoms. The van der Waals surface area contributed by atoms with Crippen LogP contribution >= 0.6 is 0 Å². The number of nitrogens with one attached hydrogen (secondary N) is 1. The van der Waals surface area contributed by atoms with E-state index >= 15 is 0 Å². The molecule has 8 aliphatic rings. The van der Waals surface area contributed by atoms with Crippen molar-refractivity contribution in [1.29, 1.82) is 0 Å². The van der Waals surface area contributed by atoms with Crippen molar-refractivity contribution in [2.45, 2.75) is 142 Å². The SMILES string of the molecule is C=C(C)[C@@H]1CC[C@]2(NCCN3C[C@@H]4C[C@H]3CS4(=C)=O)CC[C@]3(C)[C@H](CC[C@@H]4[C@@]5(C)CC=C(C6=CCC(C(=O)O)CC6)C(C)(C)[C@@H]5CC[C@]43C)[C@@H]12. The highest BCUT2D eigenvalue weighted by atomic mass is 32.2. The lowest BCUT2D eigenvalue weighted by atomic mass is 9.33. The van der Waals surface area contributed by atoms with Crippen molar-refractivity contribution in [2.24, 2.45) is 57.2 Å². The summed E-state index contributed by atoms with van der Waals surface area (Å²) >= 11 is 0. The fraction of sp³-hybridized carbons (Fsp3) is 0.818. The molecule has 0 aromatic heterocycles. The van der Waals surface area contributed by atoms with Gasteiger partial charge in [0.2, 0.25) is 0 Å². The minimum Gasteiger partial charge on any atom is -0.481 e. The van der Waals surface area contributed by atoms with E-state index in [-0.39, 0.29) is 22.3 Å². The Kier molecular flexibility index (Phi) is 8.42. The Bertz CT molecular complexity index is 1610. The maximum atomic E-state index is 12.8. The third-order valence-corrected chi connectivity index (χ3v) is 20.7. The number of rotatable bonds is 7. The molecule has 0 aromatic carbocycles. The number of aliphatic carboxylic acids is 1. The van der Waals surface area contributed by atoms with Gasteiger partial charge in [-0.1, -0.05) is 58.9 Å². The minimum atomic E-state index is -1.86. The molecule has 13 atom stereocenters. The number of hydrogen-bond donors (Lipinski definition) is 2. The van der Waals surface area contributed by atoms with Gasteiger partial charge in [0.05, 0.1) is 5.92 Å². The lowest BCUT2D eigenvalue weighted by Gasteiger charge is -2.72. The fourth-order valence-electron chi connectivity index (χ4n) is 15.5. The molecule has 6 aliphatic carbocycles. The molecule has 2 saturated heterocycles. The molecule has 6 fully saturated rings. The van der Waals surface area contributed by atoms with Gasteiger partial charge in [0.25, 0.3) is 0 Å². The van der Waals surface area contributed by atoms with Crippen LogP contribution in [0.3, 0.4) is 0 Å². The Morgan fingerprint density at radius 1 is 1.00 bits per heavy atom. The lowest BCUT2D eigenvalue weighted by Crippen LogP contribution is -2.68. The molecule has 2 heterocycles. The Labute approximate surface area is 304 Å². The van der Waals surface area contributed by atoms with E-state index in [0.29, 0.717) is 46.3 Å². The molecule has 2 unspecified atom stereocenters. The monoisotopic (exact) mass is 704 g/mol. The Morgan fingerprint density at radius 3 is 2.42 bits per heavy atom. The van der Waals surface area contributed by atoms with Crippen LogP contribution in [0.1, 0.15) is 125 Å². The molecule has 6 heteroatoms. The van der Waals surface area contributed by atoms with Crippen LogP contribution in [0.5, 0.6) is 0 Å². The quantitative estimate of drug-likeness (QED) is 0.206. The van der Waals surface area contributed by atoms with Crippen LogP contribution in [0.15, 0.2) is 35.5 Å². The minimum absolute atomic E-state index is 0.106. The summed E-state index contributed by atoms with van der Waals surface area (Å²) in [6.45, 7) is 23.3. The van der Waals surface area contributed by atoms with Crippen molar-refractivity contribution < 1.29 is 14.1 Å². The van der Waals surface area contributed by atoms with E-state index in [4.69, 9.17) is 0 Å². The van der Waals surface area contributed by atoms with E-state index in [1.54, 1.807) is 0 Å². The van der Waals surface area contributed by atoms with Crippen LogP contribution in [0.4, 0.5) is 0 Å². The summed E-state index contributed by atoms with van der Waals surface area (Å²) in [4.78, 5) is 14.3. The molecular weight excluding hydrogens is 637 g/mol. The molecule has 0 aromatic rings. The zero-order valence-corrected chi connectivity index (χ0v) is 33.1. The first kappa shape index (κ1) is 35.6. The van der Waals surface area contributed by atoms with Gasteiger partial charge in [0.15, 0.2) is 0 Å². The largest absolute Gasteiger partial charge is 0.481 e. The first-order valence-electron chi connectivity index (χ1n) is 20.6. The highest BCUT2D eigenvalue weighted by molar-refractivity contribution is 8.01. The lowest BCUT2D eigenvalue weighted by molar-refractivity contribution is -0.221. The molecule has 278 valence electrons. The van der Waals surface area contributed by atoms with Crippen LogP contribution in [0, 0.1) is 57.2 Å². The molecule has 0 amide bonds. The van der Waals surface area contributed by atoms with Crippen molar-refractivity contribution in [1.82, 2.24) is 10.2 Å². The van der Waals surface area contributed by atoms with Crippen molar-refractivity contribution in [3.8, 4) is 0 Å². The summed E-state index contributed by atoms with van der Waals surface area (Å²) in [7, 11) is -1.86. The third kappa shape index (κ3) is 4.98. The Hall–Kier alpha value is -1.37. The summed E-state index contributed by atoms with van der Waals surface area (Å²) in [5.41, 5.74) is 5.65. The highest BCUT2D eigenvalue weighted by Gasteiger charge is 2.70. The second kappa shape index (κ2) is 11.8. The van der Waals surface area contributed by atoms with Gasteiger partial charge in [0.1, 0.15) is 0 Å². The van der Waals surface area contributed by atoms with Crippen LogP contribution in [-0.2, 0) is 14.3 Å². The van der Waals surface area contributed by atoms with Crippen molar-refractivity contribution >= 4 is 21.4 Å². The number of hydrogen-bond acceptors (Lipinski definition) is 4. The maximum Gasteiger partial charge on any atom is 0.306 e. The second-order valence-electron chi connectivity index (χ2n) is 20.4. The zero-order chi connectivity index (χ0) is 35.6. The van der Waals surface area contributed by atoms with Crippen LogP contribution in [0.25, 0.3) is 0 Å². The van der Waals surface area contributed by atoms with Gasteiger partial charge in [-0.15, -0.1) is 0 Å². The number of carbonyl (C=O) groups is 1. The van der Waals surface area contributed by atoms with Crippen molar-refractivity contribution in [3.05, 3.63) is 35.5 Å². The van der Waals surface area contributed by atoms with Crippen LogP contribution in [0.2, 0.25) is 0 Å². The summed E-state index contributed by atoms with van der Waals surface area (Å²) in [5, 5.41) is 14.2. The van der Waals surface area contributed by atoms with Crippen LogP contribution < -0.4 is 5.32 Å². The van der Waals surface area contributed by atoms with Gasteiger partial charge in [-0.05, 0) is 168 Å². The van der Waals surface area contributed by atoms with Crippen molar-refractivity contribution in [3.63, 3.8) is 0 Å². The van der Waals surface area contributed by atoms with Gasteiger partial charge in [-0.25, -0.2) is 0 Å². The number of fused-ring (bicyclic) bond motifs is 9. The normalized spacial score (nSPS) is 50.8. The molecule has 0 radical (unpaired) electrons. The first-order valence-corrected chi connectivity index (χ1v) is 22.5. The van der Waals surface area contributed by atoms with Gasteiger partial charge in [0, 0.05) is 42.2 Å². The molecule has 0 spiro atoms. The average molecular weight is 705 g/mol. The smallest absolute Gasteiger partial charge is 0.306 e. The van der Waals surface area contributed by atoms with Gasteiger partial charge >= 0.3 is 5.97 Å². The van der Waals surface area contributed by atoms with E-state index in [0.717, 1.165) is 56.5 Å². The van der Waals surface area contributed by atoms with E-state index in [1.165, 1.54) is 74.5 Å². The highest BCUT2D eigenvalue weighted by Crippen LogP contribution is 2.76. The summed E-state index contributed by atoms with van der Waals surface area (Å²) in [5.74, 6) is 7.45. The Morgan fingerprint density at radius 2 is 1.78 bits per heavy atom. The first-order chi connectivity index (χ1) is 23.5. The Balaban J connectivity index is 1.04. The number of carboxylic acid groups (broad SMARTS) is 1. The van der Waals surface area contributed by atoms with Gasteiger partial charge < -0.3 is 10.4 Å². The molecule has 2 N–H and O–H groups in total. The number of carboxylic acids is 1. The fourth-order valence-corrected chi connectivity index (χ4v) is 17.8. The van der Waals surface area contributed by atoms with Crippen LogP contribution in [-0.4, -0.2) is 68.3 Å². The second-order valence-corrected chi connectivity index (χ2v) is 23.1. The predicted octanol–water partition coefficient (Wildman–Crippen LogP) is 8.51. The molecule has 4 saturated carbocycles. The summed E-state index contributed by atoms with van der Waals surface area (Å²) in [6, 6.07) is 0.479. The van der Waals surface area contributed by atoms with E-state index in [1.807, 2.05) is 0 Å². The topological polar surface area (TPSA) is 69.6 Å². The average Bonchev–Trinajstić information content (AvgIpc) is 3.72. The molecule has 2 bridgehead atoms. The predicted molar refractivity (Wildman–Crippen MR) is 208 cm³/mol. The third-order valence-electron chi connectivity index (χ3n) is 18.2. The molecule has 8 rings (SSSR count). The zero-order valence-electron chi connectivity index (χ0n) is 32.3. The molecule has 2 aliphatic heterocycles. The van der Waals surface area contributed by atoms with Crippen molar-refractivity contribution in [2.75, 3.05) is 25.4 Å². The van der Waals surface area contributed by atoms with Gasteiger partial charge in [-0.2, -0.15) is 0 Å². The standard InChI is InChI=1S/C44H68N2O3S/c1-28(2)33-15-20-44(45-23-24-46-26-32-25-31(46)27-50(32,8)49)22-21-42(6)35(38(33)44)13-14-37-41(5)18-16-34(29-9-11-30(12-10-29)39(47)48)40(3,4)36(41)17-19-43(37,42)7/h9,16,30-33,35-38,45H,1,8,10-15,17-27H2,2-7H3,(H,47,48)/t30?,31-,32-,33-,35+,36-,37+,38+,41-,42+,43+,44-,50?/m0/s1. The summed E-state index contributed by atoms with van der Waals surface area (Å²) in [6.07, 6.45) is 20.1. The molecular formula is C44H68N2O3S. The number of likely N-dealkylation sites (tertiary alicyclic amines) is 1. The van der Waals surface area contributed by atoms with E-state index in [9.17, 15) is 14.1 Å². The summed E-state index contributed by atoms with van der Waals surface area (Å²) < 4.78 is 12.8. The maximum absolute atomic E-state index is 12.8. The van der Waals surface area contributed by atoms with E-state index in [2.05, 4.69) is 76.4 Å². The van der Waals surface area contributed by atoms with Gasteiger partial charge in [-0.3, -0.25) is 13.9 Å². The number of allylic oxidation sites excluding steroid dienone is 5.